The van der Waals surface area contributed by atoms with Crippen molar-refractivity contribution in [3.63, 3.8) is 0 Å². The molecule has 0 aliphatic carbocycles. The largest absolute Gasteiger partial charge is 0.329 e. The number of nitrogens with zero attached hydrogens (tertiary/aromatic N) is 2. The van der Waals surface area contributed by atoms with E-state index in [0.717, 1.165) is 23.1 Å². The van der Waals surface area contributed by atoms with Gasteiger partial charge in [-0.3, -0.25) is 9.78 Å². The number of carbonyl (C=O) groups excluding carboxylic acids is 1. The Morgan fingerprint density at radius 3 is 2.81 bits per heavy atom. The highest BCUT2D eigenvalue weighted by Crippen LogP contribution is 2.24. The lowest BCUT2D eigenvalue weighted by atomic mass is 10.0. The summed E-state index contributed by atoms with van der Waals surface area (Å²) in [6.07, 6.45) is 3.58. The second-order valence-electron chi connectivity index (χ2n) is 5.01. The van der Waals surface area contributed by atoms with Gasteiger partial charge in [0.2, 0.25) is 0 Å². The van der Waals surface area contributed by atoms with Gasteiger partial charge in [-0.15, -0.1) is 0 Å². The maximum Gasteiger partial charge on any atom is 0.254 e. The van der Waals surface area contributed by atoms with E-state index in [0.29, 0.717) is 12.1 Å². The molecule has 0 saturated carbocycles. The summed E-state index contributed by atoms with van der Waals surface area (Å²) in [5.41, 5.74) is 1.78. The van der Waals surface area contributed by atoms with E-state index in [1.165, 1.54) is 0 Å². The second-order valence-corrected chi connectivity index (χ2v) is 5.93. The van der Waals surface area contributed by atoms with Crippen molar-refractivity contribution in [1.82, 2.24) is 15.2 Å². The molecule has 5 heteroatoms. The van der Waals surface area contributed by atoms with E-state index < -0.39 is 0 Å². The summed E-state index contributed by atoms with van der Waals surface area (Å²) in [4.78, 5) is 18.9. The zero-order chi connectivity index (χ0) is 14.7. The van der Waals surface area contributed by atoms with Crippen LogP contribution >= 0.6 is 15.9 Å². The molecule has 1 fully saturated rings. The Labute approximate surface area is 132 Å². The van der Waals surface area contributed by atoms with Gasteiger partial charge in [0.15, 0.2) is 0 Å². The van der Waals surface area contributed by atoms with Crippen LogP contribution in [0.2, 0.25) is 0 Å². The van der Waals surface area contributed by atoms with E-state index in [1.807, 2.05) is 47.5 Å². The molecular weight excluding hydrogens is 330 g/mol. The lowest BCUT2D eigenvalue weighted by Gasteiger charge is -2.36. The Hall–Kier alpha value is -1.72. The predicted molar refractivity (Wildman–Crippen MR) is 85.0 cm³/mol. The maximum absolute atomic E-state index is 12.8. The van der Waals surface area contributed by atoms with Crippen LogP contribution in [0.4, 0.5) is 0 Å². The normalized spacial score (nSPS) is 18.5. The monoisotopic (exact) mass is 345 g/mol. The van der Waals surface area contributed by atoms with Gasteiger partial charge in [-0.2, -0.15) is 0 Å². The number of piperazine rings is 1. The molecule has 108 valence electrons. The number of benzene rings is 1. The number of hydrogen-bond donors (Lipinski definition) is 1. The fraction of sp³-hybridized carbons (Fsp3) is 0.250. The van der Waals surface area contributed by atoms with Crippen molar-refractivity contribution in [1.29, 1.82) is 0 Å². The van der Waals surface area contributed by atoms with Crippen LogP contribution in [0.25, 0.3) is 0 Å². The van der Waals surface area contributed by atoms with Crippen LogP contribution in [0.15, 0.2) is 53.3 Å². The van der Waals surface area contributed by atoms with Crippen molar-refractivity contribution in [3.8, 4) is 0 Å². The third-order valence-electron chi connectivity index (χ3n) is 3.66. The van der Waals surface area contributed by atoms with Crippen molar-refractivity contribution in [2.45, 2.75) is 6.04 Å². The molecule has 0 radical (unpaired) electrons. The van der Waals surface area contributed by atoms with Gasteiger partial charge in [0, 0.05) is 42.1 Å². The molecule has 1 N–H and O–H groups in total. The molecule has 1 aliphatic rings. The quantitative estimate of drug-likeness (QED) is 0.909. The summed E-state index contributed by atoms with van der Waals surface area (Å²) in [5.74, 6) is 0.0675. The van der Waals surface area contributed by atoms with Crippen LogP contribution in [0.5, 0.6) is 0 Å². The van der Waals surface area contributed by atoms with Gasteiger partial charge in [-0.25, -0.2) is 0 Å². The Morgan fingerprint density at radius 1 is 1.29 bits per heavy atom. The SMILES string of the molecule is O=C(c1ccc(Br)cc1)N1CCNCC1c1cccnc1. The fourth-order valence-corrected chi connectivity index (χ4v) is 2.84. The van der Waals surface area contributed by atoms with Crippen molar-refractivity contribution >= 4 is 21.8 Å². The molecule has 21 heavy (non-hydrogen) atoms. The Morgan fingerprint density at radius 2 is 2.10 bits per heavy atom. The van der Waals surface area contributed by atoms with Crippen LogP contribution < -0.4 is 5.32 Å². The minimum Gasteiger partial charge on any atom is -0.329 e. The highest BCUT2D eigenvalue weighted by molar-refractivity contribution is 9.10. The van der Waals surface area contributed by atoms with E-state index in [9.17, 15) is 4.79 Å². The zero-order valence-corrected chi connectivity index (χ0v) is 13.1. The molecule has 1 aromatic carbocycles. The average molecular weight is 346 g/mol. The van der Waals surface area contributed by atoms with Crippen LogP contribution in [0, 0.1) is 0 Å². The molecule has 1 aliphatic heterocycles. The zero-order valence-electron chi connectivity index (χ0n) is 11.5. The standard InChI is InChI=1S/C16H16BrN3O/c17-14-5-3-12(4-6-14)16(21)20-9-8-19-11-15(20)13-2-1-7-18-10-13/h1-7,10,15,19H,8-9,11H2. The number of hydrogen-bond acceptors (Lipinski definition) is 3. The van der Waals surface area contributed by atoms with Gasteiger partial charge in [0.05, 0.1) is 6.04 Å². The topological polar surface area (TPSA) is 45.2 Å². The second kappa shape index (κ2) is 6.37. The summed E-state index contributed by atoms with van der Waals surface area (Å²) in [7, 11) is 0. The molecule has 1 atom stereocenters. The molecule has 2 aromatic rings. The highest BCUT2D eigenvalue weighted by Gasteiger charge is 2.28. The number of amides is 1. The molecule has 1 amide bonds. The molecule has 2 heterocycles. The first kappa shape index (κ1) is 14.2. The summed E-state index contributed by atoms with van der Waals surface area (Å²) < 4.78 is 0.975. The Balaban J connectivity index is 1.87. The molecule has 4 nitrogen and oxygen atoms in total. The van der Waals surface area contributed by atoms with Gasteiger partial charge in [0.1, 0.15) is 0 Å². The number of pyridine rings is 1. The summed E-state index contributed by atoms with van der Waals surface area (Å²) in [6.45, 7) is 2.28. The minimum absolute atomic E-state index is 0.0311. The summed E-state index contributed by atoms with van der Waals surface area (Å²) in [5, 5.41) is 3.35. The predicted octanol–water partition coefficient (Wildman–Crippen LogP) is 2.63. The average Bonchev–Trinajstić information content (AvgIpc) is 2.56. The number of carbonyl (C=O) groups is 1. The molecule has 0 bridgehead atoms. The van der Waals surface area contributed by atoms with E-state index >= 15 is 0 Å². The van der Waals surface area contributed by atoms with Gasteiger partial charge < -0.3 is 10.2 Å². The Bertz CT molecular complexity index is 615. The van der Waals surface area contributed by atoms with Crippen LogP contribution in [-0.2, 0) is 0 Å². The molecule has 0 spiro atoms. The van der Waals surface area contributed by atoms with E-state index in [-0.39, 0.29) is 11.9 Å². The summed E-state index contributed by atoms with van der Waals surface area (Å²) in [6, 6.07) is 11.5. The molecule has 1 saturated heterocycles. The van der Waals surface area contributed by atoms with E-state index in [1.54, 1.807) is 6.20 Å². The van der Waals surface area contributed by atoms with Crippen LogP contribution in [-0.4, -0.2) is 35.4 Å². The van der Waals surface area contributed by atoms with Gasteiger partial charge in [0.25, 0.3) is 5.91 Å². The van der Waals surface area contributed by atoms with E-state index in [4.69, 9.17) is 0 Å². The van der Waals surface area contributed by atoms with Crippen molar-refractivity contribution in [2.24, 2.45) is 0 Å². The number of aromatic nitrogens is 1. The molecule has 1 unspecified atom stereocenters. The molecular formula is C16H16BrN3O. The first-order chi connectivity index (χ1) is 10.3. The number of nitrogens with one attached hydrogen (secondary N) is 1. The third-order valence-corrected chi connectivity index (χ3v) is 4.19. The summed E-state index contributed by atoms with van der Waals surface area (Å²) >= 11 is 3.40. The molecule has 1 aromatic heterocycles. The van der Waals surface area contributed by atoms with Crippen molar-refractivity contribution < 1.29 is 4.79 Å². The lowest BCUT2D eigenvalue weighted by Crippen LogP contribution is -2.48. The van der Waals surface area contributed by atoms with Crippen LogP contribution in [0.1, 0.15) is 22.0 Å². The van der Waals surface area contributed by atoms with Crippen LogP contribution in [0.3, 0.4) is 0 Å². The van der Waals surface area contributed by atoms with Crippen molar-refractivity contribution in [3.05, 3.63) is 64.4 Å². The third kappa shape index (κ3) is 3.14. The smallest absolute Gasteiger partial charge is 0.254 e. The first-order valence-electron chi connectivity index (χ1n) is 6.93. The Kier molecular flexibility index (Phi) is 4.31. The fourth-order valence-electron chi connectivity index (χ4n) is 2.58. The van der Waals surface area contributed by atoms with Crippen molar-refractivity contribution in [2.75, 3.05) is 19.6 Å². The number of halogens is 1. The highest BCUT2D eigenvalue weighted by atomic mass is 79.9. The maximum atomic E-state index is 12.8. The van der Waals surface area contributed by atoms with E-state index in [2.05, 4.69) is 26.2 Å². The van der Waals surface area contributed by atoms with Gasteiger partial charge >= 0.3 is 0 Å². The van der Waals surface area contributed by atoms with Gasteiger partial charge in [-0.05, 0) is 35.9 Å². The first-order valence-corrected chi connectivity index (χ1v) is 7.72. The molecule has 3 rings (SSSR count). The number of rotatable bonds is 2. The minimum atomic E-state index is 0.0311. The van der Waals surface area contributed by atoms with Gasteiger partial charge in [-0.1, -0.05) is 22.0 Å². The lowest BCUT2D eigenvalue weighted by molar-refractivity contribution is 0.0634.